The van der Waals surface area contributed by atoms with Gasteiger partial charge in [-0.1, -0.05) is 13.8 Å². The average molecular weight is 281 g/mol. The van der Waals surface area contributed by atoms with E-state index in [2.05, 4.69) is 30.0 Å². The van der Waals surface area contributed by atoms with Crippen molar-refractivity contribution < 1.29 is 9.53 Å². The molecule has 1 aliphatic carbocycles. The normalized spacial score (nSPS) is 16.6. The second-order valence-electron chi connectivity index (χ2n) is 5.74. The van der Waals surface area contributed by atoms with Crippen molar-refractivity contribution >= 4 is 17.3 Å². The zero-order valence-electron chi connectivity index (χ0n) is 12.0. The first kappa shape index (κ1) is 14.5. The van der Waals surface area contributed by atoms with Crippen molar-refractivity contribution in [1.29, 1.82) is 0 Å². The molecular weight excluding hydrogens is 258 g/mol. The van der Waals surface area contributed by atoms with Gasteiger partial charge in [-0.2, -0.15) is 0 Å². The molecule has 1 aliphatic rings. The third kappa shape index (κ3) is 3.80. The number of carbonyl (C=O) groups excluding carboxylic acids is 1. The molecule has 1 N–H and O–H groups in total. The Hall–Kier alpha value is -0.870. The lowest BCUT2D eigenvalue weighted by atomic mass is 9.92. The molecule has 0 aliphatic heterocycles. The fourth-order valence-electron chi connectivity index (χ4n) is 2.38. The lowest BCUT2D eigenvalue weighted by Gasteiger charge is -2.19. The first-order valence-electron chi connectivity index (χ1n) is 6.91. The Morgan fingerprint density at radius 1 is 1.42 bits per heavy atom. The second-order valence-corrected chi connectivity index (χ2v) is 6.99. The summed E-state index contributed by atoms with van der Waals surface area (Å²) in [5.74, 6) is 0.594. The van der Waals surface area contributed by atoms with Crippen molar-refractivity contribution in [2.45, 2.75) is 39.7 Å². The van der Waals surface area contributed by atoms with E-state index in [9.17, 15) is 4.79 Å². The zero-order valence-corrected chi connectivity index (χ0v) is 12.8. The molecule has 1 aromatic rings. The van der Waals surface area contributed by atoms with Crippen LogP contribution in [0.15, 0.2) is 12.1 Å². The summed E-state index contributed by atoms with van der Waals surface area (Å²) >= 11 is 1.69. The summed E-state index contributed by atoms with van der Waals surface area (Å²) < 4.78 is 4.68. The van der Waals surface area contributed by atoms with E-state index in [0.29, 0.717) is 11.8 Å². The quantitative estimate of drug-likeness (QED) is 0.781. The van der Waals surface area contributed by atoms with Gasteiger partial charge in [-0.3, -0.25) is 4.79 Å². The van der Waals surface area contributed by atoms with E-state index in [1.54, 1.807) is 11.3 Å². The molecule has 2 rings (SSSR count). The van der Waals surface area contributed by atoms with Crippen LogP contribution in [0, 0.1) is 11.3 Å². The predicted molar refractivity (Wildman–Crippen MR) is 78.3 cm³/mol. The molecule has 4 heteroatoms. The zero-order chi connectivity index (χ0) is 13.9. The van der Waals surface area contributed by atoms with Gasteiger partial charge < -0.3 is 10.1 Å². The number of carbonyl (C=O) groups is 1. The average Bonchev–Trinajstić information content (AvgIpc) is 3.05. The molecule has 0 saturated heterocycles. The summed E-state index contributed by atoms with van der Waals surface area (Å²) in [4.78, 5) is 13.6. The Kier molecular flexibility index (Phi) is 4.63. The van der Waals surface area contributed by atoms with Crippen molar-refractivity contribution in [2.75, 3.05) is 13.7 Å². The van der Waals surface area contributed by atoms with Gasteiger partial charge in [-0.15, -0.1) is 11.3 Å². The number of methoxy groups -OCH3 is 1. The lowest BCUT2D eigenvalue weighted by Crippen LogP contribution is -2.26. The van der Waals surface area contributed by atoms with Crippen molar-refractivity contribution in [1.82, 2.24) is 5.32 Å². The van der Waals surface area contributed by atoms with Gasteiger partial charge in [0.2, 0.25) is 0 Å². The molecule has 1 saturated carbocycles. The largest absolute Gasteiger partial charge is 0.469 e. The van der Waals surface area contributed by atoms with E-state index >= 15 is 0 Å². The maximum Gasteiger partial charge on any atom is 0.310 e. The van der Waals surface area contributed by atoms with Crippen molar-refractivity contribution in [3.63, 3.8) is 0 Å². The summed E-state index contributed by atoms with van der Waals surface area (Å²) in [5, 5.41) is 3.56. The van der Waals surface area contributed by atoms with E-state index in [1.165, 1.54) is 24.8 Å². The molecule has 3 nitrogen and oxygen atoms in total. The molecule has 0 unspecified atom stereocenters. The Balaban J connectivity index is 1.76. The Morgan fingerprint density at radius 3 is 2.68 bits per heavy atom. The number of hydrogen-bond donors (Lipinski definition) is 1. The van der Waals surface area contributed by atoms with Gasteiger partial charge >= 0.3 is 5.97 Å². The van der Waals surface area contributed by atoms with Gasteiger partial charge in [-0.05, 0) is 36.3 Å². The van der Waals surface area contributed by atoms with Crippen LogP contribution in [0.5, 0.6) is 0 Å². The topological polar surface area (TPSA) is 38.3 Å². The van der Waals surface area contributed by atoms with Gasteiger partial charge in [0.15, 0.2) is 0 Å². The van der Waals surface area contributed by atoms with Crippen molar-refractivity contribution in [2.24, 2.45) is 11.3 Å². The van der Waals surface area contributed by atoms with E-state index in [-0.39, 0.29) is 5.97 Å². The summed E-state index contributed by atoms with van der Waals surface area (Å²) in [5.41, 5.74) is 0.548. The van der Waals surface area contributed by atoms with Crippen LogP contribution in [-0.2, 0) is 22.5 Å². The van der Waals surface area contributed by atoms with E-state index in [4.69, 9.17) is 0 Å². The molecule has 0 spiro atoms. The van der Waals surface area contributed by atoms with Gasteiger partial charge in [0, 0.05) is 22.8 Å². The molecule has 106 valence electrons. The Labute approximate surface area is 119 Å². The molecule has 0 atom stereocenters. The summed E-state index contributed by atoms with van der Waals surface area (Å²) in [6, 6.07) is 4.12. The highest BCUT2D eigenvalue weighted by atomic mass is 32.1. The van der Waals surface area contributed by atoms with Crippen LogP contribution < -0.4 is 5.32 Å². The summed E-state index contributed by atoms with van der Waals surface area (Å²) in [6.07, 6.45) is 3.10. The summed E-state index contributed by atoms with van der Waals surface area (Å²) in [7, 11) is 1.43. The number of hydrogen-bond acceptors (Lipinski definition) is 4. The molecular formula is C15H23NO2S. The maximum absolute atomic E-state index is 11.2. The lowest BCUT2D eigenvalue weighted by molar-refractivity contribution is -0.139. The van der Waals surface area contributed by atoms with Crippen LogP contribution in [0.2, 0.25) is 0 Å². The molecule has 1 heterocycles. The monoisotopic (exact) mass is 281 g/mol. The van der Waals surface area contributed by atoms with Crippen LogP contribution in [0.3, 0.4) is 0 Å². The molecule has 0 amide bonds. The van der Waals surface area contributed by atoms with E-state index < -0.39 is 0 Å². The third-order valence-electron chi connectivity index (χ3n) is 4.16. The number of esters is 1. The first-order chi connectivity index (χ1) is 9.05. The minimum absolute atomic E-state index is 0.168. The number of ether oxygens (including phenoxy) is 1. The predicted octanol–water partition coefficient (Wildman–Crippen LogP) is 2.99. The highest BCUT2D eigenvalue weighted by Gasteiger charge is 2.44. The molecule has 19 heavy (non-hydrogen) atoms. The summed E-state index contributed by atoms with van der Waals surface area (Å²) in [6.45, 7) is 6.64. The second kappa shape index (κ2) is 6.06. The SMILES string of the molecule is COC(=O)Cc1ccc(CNCC2(C(C)C)CC2)s1. The van der Waals surface area contributed by atoms with Crippen LogP contribution in [0.1, 0.15) is 36.4 Å². The molecule has 0 bridgehead atoms. The standard InChI is InChI=1S/C15H23NO2S/c1-11(2)15(6-7-15)10-16-9-13-5-4-12(19-13)8-14(17)18-3/h4-5,11,16H,6-10H2,1-3H3. The third-order valence-corrected chi connectivity index (χ3v) is 5.24. The fraction of sp³-hybridized carbons (Fsp3) is 0.667. The van der Waals surface area contributed by atoms with Crippen LogP contribution in [0.4, 0.5) is 0 Å². The number of nitrogens with one attached hydrogen (secondary N) is 1. The highest BCUT2D eigenvalue weighted by Crippen LogP contribution is 2.51. The van der Waals surface area contributed by atoms with Crippen molar-refractivity contribution in [3.05, 3.63) is 21.9 Å². The van der Waals surface area contributed by atoms with Crippen LogP contribution in [0.25, 0.3) is 0 Å². The minimum Gasteiger partial charge on any atom is -0.469 e. The van der Waals surface area contributed by atoms with Gasteiger partial charge in [0.25, 0.3) is 0 Å². The van der Waals surface area contributed by atoms with Gasteiger partial charge in [0.05, 0.1) is 13.5 Å². The number of rotatable bonds is 7. The highest BCUT2D eigenvalue weighted by molar-refractivity contribution is 7.12. The maximum atomic E-state index is 11.2. The Bertz CT molecular complexity index is 435. The van der Waals surface area contributed by atoms with Gasteiger partial charge in [0.1, 0.15) is 0 Å². The Morgan fingerprint density at radius 2 is 2.11 bits per heavy atom. The molecule has 1 fully saturated rings. The molecule has 0 aromatic carbocycles. The smallest absolute Gasteiger partial charge is 0.310 e. The minimum atomic E-state index is -0.168. The molecule has 0 radical (unpaired) electrons. The fourth-order valence-corrected chi connectivity index (χ4v) is 3.35. The van der Waals surface area contributed by atoms with Gasteiger partial charge in [-0.25, -0.2) is 0 Å². The van der Waals surface area contributed by atoms with Crippen LogP contribution in [-0.4, -0.2) is 19.6 Å². The van der Waals surface area contributed by atoms with E-state index in [0.717, 1.165) is 23.9 Å². The van der Waals surface area contributed by atoms with Crippen molar-refractivity contribution in [3.8, 4) is 0 Å². The van der Waals surface area contributed by atoms with Crippen LogP contribution >= 0.6 is 11.3 Å². The van der Waals surface area contributed by atoms with E-state index in [1.807, 2.05) is 6.07 Å². The first-order valence-corrected chi connectivity index (χ1v) is 7.72. The number of thiophene rings is 1. The molecule has 1 aromatic heterocycles.